The molecule has 1 N–H and O–H groups in total. The van der Waals surface area contributed by atoms with Gasteiger partial charge in [0.2, 0.25) is 0 Å². The van der Waals surface area contributed by atoms with E-state index in [1.807, 2.05) is 0 Å². The van der Waals surface area contributed by atoms with Gasteiger partial charge in [0.05, 0.1) is 29.4 Å². The van der Waals surface area contributed by atoms with E-state index in [1.54, 1.807) is 0 Å². The van der Waals surface area contributed by atoms with Crippen molar-refractivity contribution in [2.75, 3.05) is 19.0 Å². The van der Waals surface area contributed by atoms with Gasteiger partial charge in [0.15, 0.2) is 6.61 Å². The first-order chi connectivity index (χ1) is 12.2. The Bertz CT molecular complexity index is 824. The fraction of sp³-hybridized carbons (Fsp3) is 0.188. The van der Waals surface area contributed by atoms with Crippen LogP contribution in [0.2, 0.25) is 0 Å². The third-order valence-corrected chi connectivity index (χ3v) is 3.22. The van der Waals surface area contributed by atoms with Gasteiger partial charge in [-0.3, -0.25) is 14.9 Å². The maximum atomic E-state index is 12.9. The first-order valence-corrected chi connectivity index (χ1v) is 7.13. The second-order valence-electron chi connectivity index (χ2n) is 4.97. The number of hydrogen-bond acceptors (Lipinski definition) is 5. The summed E-state index contributed by atoms with van der Waals surface area (Å²) in [5.74, 6) is -1.21. The summed E-state index contributed by atoms with van der Waals surface area (Å²) in [4.78, 5) is 22.0. The number of nitro groups is 1. The molecule has 0 aliphatic heterocycles. The molecule has 2 rings (SSSR count). The average Bonchev–Trinajstić information content (AvgIpc) is 2.59. The molecule has 0 fully saturated rings. The lowest BCUT2D eigenvalue weighted by Crippen LogP contribution is -2.21. The summed E-state index contributed by atoms with van der Waals surface area (Å²) in [7, 11) is 1.25. The Morgan fingerprint density at radius 2 is 1.88 bits per heavy atom. The number of methoxy groups -OCH3 is 1. The van der Waals surface area contributed by atoms with Crippen molar-refractivity contribution in [2.45, 2.75) is 6.18 Å². The largest absolute Gasteiger partial charge is 0.494 e. The molecule has 7 nitrogen and oxygen atoms in total. The lowest BCUT2D eigenvalue weighted by Gasteiger charge is -2.14. The SMILES string of the molecule is COc1cc([N+](=O)[O-])ccc1NC(=O)COc1ccccc1C(F)(F)F. The predicted octanol–water partition coefficient (Wildman–Crippen LogP) is 3.64. The molecule has 10 heteroatoms. The summed E-state index contributed by atoms with van der Waals surface area (Å²) in [6.45, 7) is -0.687. The zero-order valence-electron chi connectivity index (χ0n) is 13.4. The van der Waals surface area contributed by atoms with Crippen LogP contribution in [0.25, 0.3) is 0 Å². The lowest BCUT2D eigenvalue weighted by atomic mass is 10.2. The predicted molar refractivity (Wildman–Crippen MR) is 85.2 cm³/mol. The van der Waals surface area contributed by atoms with E-state index in [1.165, 1.54) is 25.3 Å². The van der Waals surface area contributed by atoms with Gasteiger partial charge in [-0.25, -0.2) is 0 Å². The number of carbonyl (C=O) groups excluding carboxylic acids is 1. The third-order valence-electron chi connectivity index (χ3n) is 3.22. The van der Waals surface area contributed by atoms with Crippen molar-refractivity contribution in [1.82, 2.24) is 0 Å². The fourth-order valence-electron chi connectivity index (χ4n) is 2.05. The minimum absolute atomic E-state index is 0.0308. The number of para-hydroxylation sites is 1. The number of benzene rings is 2. The minimum atomic E-state index is -4.62. The van der Waals surface area contributed by atoms with Gasteiger partial charge in [0.25, 0.3) is 11.6 Å². The van der Waals surface area contributed by atoms with Crippen LogP contribution in [0.5, 0.6) is 11.5 Å². The van der Waals surface area contributed by atoms with Crippen molar-refractivity contribution in [3.63, 3.8) is 0 Å². The Morgan fingerprint density at radius 1 is 1.19 bits per heavy atom. The maximum absolute atomic E-state index is 12.9. The standard InChI is InChI=1S/C16H13F3N2O5/c1-25-14-8-10(21(23)24)6-7-12(14)20-15(22)9-26-13-5-3-2-4-11(13)16(17,18)19/h2-8H,9H2,1H3,(H,20,22). The van der Waals surface area contributed by atoms with Crippen LogP contribution in [0.3, 0.4) is 0 Å². The van der Waals surface area contributed by atoms with Crippen molar-refractivity contribution in [2.24, 2.45) is 0 Å². The van der Waals surface area contributed by atoms with Gasteiger partial charge in [-0.15, -0.1) is 0 Å². The highest BCUT2D eigenvalue weighted by atomic mass is 19.4. The van der Waals surface area contributed by atoms with Crippen molar-refractivity contribution in [3.8, 4) is 11.5 Å². The number of nitrogens with one attached hydrogen (secondary N) is 1. The summed E-state index contributed by atoms with van der Waals surface area (Å²) in [6, 6.07) is 8.00. The van der Waals surface area contributed by atoms with Crippen LogP contribution in [0, 0.1) is 10.1 Å². The Hall–Kier alpha value is -3.30. The smallest absolute Gasteiger partial charge is 0.419 e. The van der Waals surface area contributed by atoms with E-state index in [0.29, 0.717) is 0 Å². The molecule has 0 aliphatic rings. The molecule has 0 bridgehead atoms. The van der Waals surface area contributed by atoms with Crippen molar-refractivity contribution in [1.29, 1.82) is 0 Å². The van der Waals surface area contributed by atoms with Gasteiger partial charge in [-0.2, -0.15) is 13.2 Å². The molecule has 0 saturated carbocycles. The molecule has 0 aromatic heterocycles. The topological polar surface area (TPSA) is 90.7 Å². The number of nitrogens with zero attached hydrogens (tertiary/aromatic N) is 1. The third kappa shape index (κ3) is 4.62. The molecule has 0 saturated heterocycles. The molecule has 2 aromatic carbocycles. The van der Waals surface area contributed by atoms with E-state index < -0.39 is 34.9 Å². The minimum Gasteiger partial charge on any atom is -0.494 e. The molecule has 0 radical (unpaired) electrons. The molecule has 1 amide bonds. The molecule has 0 aliphatic carbocycles. The Balaban J connectivity index is 2.08. The number of ether oxygens (including phenoxy) is 2. The summed E-state index contributed by atoms with van der Waals surface area (Å²) in [6.07, 6.45) is -4.62. The molecular formula is C16H13F3N2O5. The average molecular weight is 370 g/mol. The van der Waals surface area contributed by atoms with Gasteiger partial charge in [0, 0.05) is 6.07 Å². The van der Waals surface area contributed by atoms with E-state index in [2.05, 4.69) is 5.32 Å². The summed E-state index contributed by atoms with van der Waals surface area (Å²) < 4.78 is 48.5. The number of carbonyl (C=O) groups is 1. The summed E-state index contributed by atoms with van der Waals surface area (Å²) in [5, 5.41) is 13.1. The van der Waals surface area contributed by atoms with E-state index in [-0.39, 0.29) is 17.1 Å². The summed E-state index contributed by atoms with van der Waals surface area (Å²) >= 11 is 0. The Morgan fingerprint density at radius 3 is 2.50 bits per heavy atom. The Kier molecular flexibility index (Phi) is 5.65. The zero-order chi connectivity index (χ0) is 19.3. The summed E-state index contributed by atoms with van der Waals surface area (Å²) in [5.41, 5.74) is -1.12. The van der Waals surface area contributed by atoms with Crippen LogP contribution in [0.4, 0.5) is 24.5 Å². The molecule has 0 heterocycles. The van der Waals surface area contributed by atoms with Gasteiger partial charge >= 0.3 is 6.18 Å². The number of amides is 1. The van der Waals surface area contributed by atoms with Crippen LogP contribution in [-0.2, 0) is 11.0 Å². The second kappa shape index (κ2) is 7.72. The van der Waals surface area contributed by atoms with E-state index in [4.69, 9.17) is 9.47 Å². The molecule has 0 unspecified atom stereocenters. The first-order valence-electron chi connectivity index (χ1n) is 7.13. The molecule has 0 atom stereocenters. The lowest BCUT2D eigenvalue weighted by molar-refractivity contribution is -0.384. The number of alkyl halides is 3. The number of anilines is 1. The highest BCUT2D eigenvalue weighted by Gasteiger charge is 2.34. The van der Waals surface area contributed by atoms with E-state index >= 15 is 0 Å². The molecular weight excluding hydrogens is 357 g/mol. The van der Waals surface area contributed by atoms with Gasteiger partial charge in [0.1, 0.15) is 11.5 Å². The highest BCUT2D eigenvalue weighted by molar-refractivity contribution is 5.93. The fourth-order valence-corrected chi connectivity index (χ4v) is 2.05. The van der Waals surface area contributed by atoms with Crippen LogP contribution in [-0.4, -0.2) is 24.5 Å². The zero-order valence-corrected chi connectivity index (χ0v) is 13.4. The number of rotatable bonds is 6. The van der Waals surface area contributed by atoms with Crippen molar-refractivity contribution >= 4 is 17.3 Å². The van der Waals surface area contributed by atoms with E-state index in [9.17, 15) is 28.1 Å². The number of non-ortho nitro benzene ring substituents is 1. The molecule has 0 spiro atoms. The quantitative estimate of drug-likeness (QED) is 0.619. The van der Waals surface area contributed by atoms with Gasteiger partial charge < -0.3 is 14.8 Å². The van der Waals surface area contributed by atoms with Crippen LogP contribution in [0.15, 0.2) is 42.5 Å². The van der Waals surface area contributed by atoms with Crippen molar-refractivity contribution in [3.05, 3.63) is 58.1 Å². The molecule has 26 heavy (non-hydrogen) atoms. The highest BCUT2D eigenvalue weighted by Crippen LogP contribution is 2.36. The van der Waals surface area contributed by atoms with Gasteiger partial charge in [-0.05, 0) is 18.2 Å². The number of halogens is 3. The maximum Gasteiger partial charge on any atom is 0.419 e. The Labute approximate surface area is 145 Å². The normalized spacial score (nSPS) is 10.9. The molecule has 2 aromatic rings. The van der Waals surface area contributed by atoms with Gasteiger partial charge in [-0.1, -0.05) is 12.1 Å². The molecule has 138 valence electrons. The van der Waals surface area contributed by atoms with E-state index in [0.717, 1.165) is 24.3 Å². The van der Waals surface area contributed by atoms with Crippen LogP contribution < -0.4 is 14.8 Å². The van der Waals surface area contributed by atoms with Crippen molar-refractivity contribution < 1.29 is 32.4 Å². The number of hydrogen-bond donors (Lipinski definition) is 1. The van der Waals surface area contributed by atoms with Crippen LogP contribution in [0.1, 0.15) is 5.56 Å². The van der Waals surface area contributed by atoms with Crippen LogP contribution >= 0.6 is 0 Å². The second-order valence-corrected chi connectivity index (χ2v) is 4.97. The first kappa shape index (κ1) is 19.0. The monoisotopic (exact) mass is 370 g/mol. The number of nitro benzene ring substituents is 1.